The molecule has 0 aliphatic carbocycles. The SMILES string of the molecule is CNC(c1ccn(C)n1)c1cc(Cl)cnc1N. The van der Waals surface area contributed by atoms with E-state index < -0.39 is 0 Å². The largest absolute Gasteiger partial charge is 0.383 e. The fraction of sp³-hybridized carbons (Fsp3) is 0.273. The molecule has 0 saturated heterocycles. The van der Waals surface area contributed by atoms with Crippen LogP contribution in [0.1, 0.15) is 17.3 Å². The van der Waals surface area contributed by atoms with Gasteiger partial charge in [-0.05, 0) is 19.2 Å². The Labute approximate surface area is 105 Å². The molecule has 2 rings (SSSR count). The van der Waals surface area contributed by atoms with Gasteiger partial charge in [-0.2, -0.15) is 5.10 Å². The molecule has 1 unspecified atom stereocenters. The maximum Gasteiger partial charge on any atom is 0.128 e. The Morgan fingerprint density at radius 2 is 2.29 bits per heavy atom. The topological polar surface area (TPSA) is 68.8 Å². The Bertz CT molecular complexity index is 522. The number of aryl methyl sites for hydroxylation is 1. The molecule has 0 amide bonds. The predicted octanol–water partition coefficient (Wildman–Crippen LogP) is 1.36. The molecule has 2 heterocycles. The van der Waals surface area contributed by atoms with Crippen molar-refractivity contribution in [3.8, 4) is 0 Å². The summed E-state index contributed by atoms with van der Waals surface area (Å²) in [5, 5.41) is 8.08. The van der Waals surface area contributed by atoms with Crippen molar-refractivity contribution >= 4 is 17.4 Å². The van der Waals surface area contributed by atoms with Crippen molar-refractivity contribution in [2.24, 2.45) is 7.05 Å². The van der Waals surface area contributed by atoms with Gasteiger partial charge in [0.2, 0.25) is 0 Å². The van der Waals surface area contributed by atoms with Crippen molar-refractivity contribution < 1.29 is 0 Å². The first-order chi connectivity index (χ1) is 8.11. The quantitative estimate of drug-likeness (QED) is 0.864. The summed E-state index contributed by atoms with van der Waals surface area (Å²) in [7, 11) is 3.72. The minimum absolute atomic E-state index is 0.109. The maximum absolute atomic E-state index is 5.94. The summed E-state index contributed by atoms with van der Waals surface area (Å²) >= 11 is 5.94. The van der Waals surface area contributed by atoms with Crippen molar-refractivity contribution in [3.63, 3.8) is 0 Å². The number of nitrogens with zero attached hydrogens (tertiary/aromatic N) is 3. The van der Waals surface area contributed by atoms with Gasteiger partial charge in [0.05, 0.1) is 16.8 Å². The second-order valence-corrected chi connectivity index (χ2v) is 4.20. The van der Waals surface area contributed by atoms with Crippen molar-refractivity contribution in [1.29, 1.82) is 0 Å². The zero-order valence-corrected chi connectivity index (χ0v) is 10.4. The number of rotatable bonds is 3. The lowest BCUT2D eigenvalue weighted by molar-refractivity contribution is 0.642. The van der Waals surface area contributed by atoms with E-state index in [0.29, 0.717) is 10.8 Å². The molecule has 0 aromatic carbocycles. The summed E-state index contributed by atoms with van der Waals surface area (Å²) in [5.74, 6) is 0.458. The molecule has 2 aromatic heterocycles. The number of halogens is 1. The Balaban J connectivity index is 2.45. The molecule has 0 saturated carbocycles. The van der Waals surface area contributed by atoms with Gasteiger partial charge in [0, 0.05) is 25.0 Å². The summed E-state index contributed by atoms with van der Waals surface area (Å²) in [6.07, 6.45) is 3.42. The Morgan fingerprint density at radius 3 is 2.88 bits per heavy atom. The van der Waals surface area contributed by atoms with Crippen LogP contribution in [0.5, 0.6) is 0 Å². The van der Waals surface area contributed by atoms with E-state index in [1.54, 1.807) is 10.7 Å². The van der Waals surface area contributed by atoms with Gasteiger partial charge in [-0.3, -0.25) is 4.68 Å². The lowest BCUT2D eigenvalue weighted by atomic mass is 10.1. The van der Waals surface area contributed by atoms with E-state index in [4.69, 9.17) is 17.3 Å². The van der Waals surface area contributed by atoms with Crippen LogP contribution in [0.25, 0.3) is 0 Å². The molecular formula is C11H14ClN5. The van der Waals surface area contributed by atoms with Crippen LogP contribution in [0.4, 0.5) is 5.82 Å². The monoisotopic (exact) mass is 251 g/mol. The van der Waals surface area contributed by atoms with Crippen LogP contribution in [-0.2, 0) is 7.05 Å². The Kier molecular flexibility index (Phi) is 3.31. The van der Waals surface area contributed by atoms with Gasteiger partial charge in [0.15, 0.2) is 0 Å². The molecule has 0 aliphatic rings. The molecule has 1 atom stereocenters. The summed E-state index contributed by atoms with van der Waals surface area (Å²) in [5.41, 5.74) is 7.58. The third kappa shape index (κ3) is 2.40. The molecule has 0 bridgehead atoms. The second-order valence-electron chi connectivity index (χ2n) is 3.76. The van der Waals surface area contributed by atoms with Crippen molar-refractivity contribution in [3.05, 3.63) is 40.8 Å². The number of hydrogen-bond donors (Lipinski definition) is 2. The fourth-order valence-electron chi connectivity index (χ4n) is 1.75. The number of nitrogens with two attached hydrogens (primary N) is 1. The zero-order valence-electron chi connectivity index (χ0n) is 9.68. The molecule has 90 valence electrons. The number of pyridine rings is 1. The van der Waals surface area contributed by atoms with E-state index in [1.807, 2.05) is 26.4 Å². The van der Waals surface area contributed by atoms with Crippen LogP contribution in [0.15, 0.2) is 24.5 Å². The van der Waals surface area contributed by atoms with Crippen LogP contribution in [0.3, 0.4) is 0 Å². The van der Waals surface area contributed by atoms with Crippen LogP contribution in [0.2, 0.25) is 5.02 Å². The number of nitrogens with one attached hydrogen (secondary N) is 1. The average Bonchev–Trinajstić information content (AvgIpc) is 2.71. The van der Waals surface area contributed by atoms with Crippen LogP contribution >= 0.6 is 11.6 Å². The van der Waals surface area contributed by atoms with Crippen molar-refractivity contribution in [2.75, 3.05) is 12.8 Å². The molecule has 5 nitrogen and oxygen atoms in total. The van der Waals surface area contributed by atoms with E-state index in [1.165, 1.54) is 6.20 Å². The van der Waals surface area contributed by atoms with Gasteiger partial charge in [-0.25, -0.2) is 4.98 Å². The van der Waals surface area contributed by atoms with Gasteiger partial charge in [0.25, 0.3) is 0 Å². The summed E-state index contributed by atoms with van der Waals surface area (Å²) < 4.78 is 1.74. The highest BCUT2D eigenvalue weighted by Gasteiger charge is 2.18. The minimum Gasteiger partial charge on any atom is -0.383 e. The standard InChI is InChI=1S/C11H14ClN5/c1-14-10(9-3-4-17(2)16-9)8-5-7(12)6-15-11(8)13/h3-6,10,14H,1-2H3,(H2,13,15). The third-order valence-corrected chi connectivity index (χ3v) is 2.75. The van der Waals surface area contributed by atoms with Gasteiger partial charge < -0.3 is 11.1 Å². The first kappa shape index (κ1) is 11.9. The minimum atomic E-state index is -0.109. The second kappa shape index (κ2) is 4.73. The number of nitrogen functional groups attached to an aromatic ring is 1. The van der Waals surface area contributed by atoms with E-state index >= 15 is 0 Å². The van der Waals surface area contributed by atoms with Crippen LogP contribution in [0, 0.1) is 0 Å². The molecule has 0 radical (unpaired) electrons. The molecule has 6 heteroatoms. The molecule has 17 heavy (non-hydrogen) atoms. The van der Waals surface area contributed by atoms with Gasteiger partial charge >= 0.3 is 0 Å². The molecule has 0 fully saturated rings. The summed E-state index contributed by atoms with van der Waals surface area (Å²) in [4.78, 5) is 4.05. The molecule has 0 spiro atoms. The molecule has 0 aliphatic heterocycles. The van der Waals surface area contributed by atoms with Gasteiger partial charge in [-0.1, -0.05) is 11.6 Å². The highest BCUT2D eigenvalue weighted by atomic mass is 35.5. The maximum atomic E-state index is 5.94. The lowest BCUT2D eigenvalue weighted by Gasteiger charge is -2.16. The van der Waals surface area contributed by atoms with Gasteiger partial charge in [0.1, 0.15) is 5.82 Å². The zero-order chi connectivity index (χ0) is 12.4. The highest BCUT2D eigenvalue weighted by Crippen LogP contribution is 2.26. The predicted molar refractivity (Wildman–Crippen MR) is 67.8 cm³/mol. The molecule has 3 N–H and O–H groups in total. The number of anilines is 1. The summed E-state index contributed by atoms with van der Waals surface area (Å²) in [6.45, 7) is 0. The highest BCUT2D eigenvalue weighted by molar-refractivity contribution is 6.30. The fourth-order valence-corrected chi connectivity index (χ4v) is 1.91. The van der Waals surface area contributed by atoms with Gasteiger partial charge in [-0.15, -0.1) is 0 Å². The Hall–Kier alpha value is -1.59. The van der Waals surface area contributed by atoms with Crippen LogP contribution in [-0.4, -0.2) is 21.8 Å². The molecular weight excluding hydrogens is 238 g/mol. The summed E-state index contributed by atoms with van der Waals surface area (Å²) in [6, 6.07) is 3.63. The average molecular weight is 252 g/mol. The Morgan fingerprint density at radius 1 is 1.53 bits per heavy atom. The van der Waals surface area contributed by atoms with Crippen molar-refractivity contribution in [1.82, 2.24) is 20.1 Å². The van der Waals surface area contributed by atoms with Crippen molar-refractivity contribution in [2.45, 2.75) is 6.04 Å². The molecule has 2 aromatic rings. The first-order valence-electron chi connectivity index (χ1n) is 5.19. The van der Waals surface area contributed by atoms with E-state index in [0.717, 1.165) is 11.3 Å². The normalized spacial score (nSPS) is 12.6. The van der Waals surface area contributed by atoms with E-state index in [9.17, 15) is 0 Å². The lowest BCUT2D eigenvalue weighted by Crippen LogP contribution is -2.20. The number of aromatic nitrogens is 3. The third-order valence-electron chi connectivity index (χ3n) is 2.55. The number of hydrogen-bond acceptors (Lipinski definition) is 4. The van der Waals surface area contributed by atoms with E-state index in [2.05, 4.69) is 15.4 Å². The van der Waals surface area contributed by atoms with Crippen LogP contribution < -0.4 is 11.1 Å². The smallest absolute Gasteiger partial charge is 0.128 e. The van der Waals surface area contributed by atoms with E-state index in [-0.39, 0.29) is 6.04 Å². The first-order valence-corrected chi connectivity index (χ1v) is 5.57.